The molecule has 0 atom stereocenters. The van der Waals surface area contributed by atoms with Crippen molar-refractivity contribution in [2.24, 2.45) is 4.99 Å². The number of aromatic amines is 1. The topological polar surface area (TPSA) is 160 Å². The number of aryl methyl sites for hydroxylation is 1. The number of nitrogens with zero attached hydrogens (tertiary/aromatic N) is 3. The number of hydrogen-bond donors (Lipinski definition) is 5. The quantitative estimate of drug-likeness (QED) is 0.188. The largest absolute Gasteiger partial charge is 0.397 e. The normalized spacial score (nSPS) is 11.9. The number of nitrogens with two attached hydrogens (primary N) is 2. The molecular weight excluding hydrogens is 520 g/mol. The first-order valence-corrected chi connectivity index (χ1v) is 8.65. The molecule has 0 spiro atoms. The Morgan fingerprint density at radius 1 is 1.13 bits per heavy atom. The summed E-state index contributed by atoms with van der Waals surface area (Å²) < 4.78 is 0. The van der Waals surface area contributed by atoms with Crippen molar-refractivity contribution >= 4 is 73.7 Å². The van der Waals surface area contributed by atoms with E-state index >= 15 is 0 Å². The van der Waals surface area contributed by atoms with Crippen LogP contribution in [-0.2, 0) is 0 Å². The molecule has 30 heavy (non-hydrogen) atoms. The van der Waals surface area contributed by atoms with E-state index in [4.69, 9.17) is 11.5 Å². The van der Waals surface area contributed by atoms with Crippen LogP contribution < -0.4 is 22.1 Å². The molecule has 162 valence electrons. The molecule has 1 aliphatic rings. The third-order valence-corrected chi connectivity index (χ3v) is 4.49. The van der Waals surface area contributed by atoms with Crippen molar-refractivity contribution in [3.63, 3.8) is 0 Å². The maximum Gasteiger partial charge on any atom is 0.274 e. The number of anilines is 3. The summed E-state index contributed by atoms with van der Waals surface area (Å²) in [6.45, 7) is 5.38. The second kappa shape index (κ2) is 10.8. The van der Waals surface area contributed by atoms with Crippen LogP contribution in [0.4, 0.5) is 22.7 Å². The third-order valence-electron chi connectivity index (χ3n) is 4.49. The summed E-state index contributed by atoms with van der Waals surface area (Å²) >= 11 is 0. The van der Waals surface area contributed by atoms with Gasteiger partial charge in [-0.25, -0.2) is 4.98 Å². The van der Waals surface area contributed by atoms with Crippen molar-refractivity contribution in [2.75, 3.05) is 29.9 Å². The zero-order chi connectivity index (χ0) is 20.3. The number of halogens is 2. The lowest BCUT2D eigenvalue weighted by Gasteiger charge is -2.09. The van der Waals surface area contributed by atoms with E-state index in [0.29, 0.717) is 11.3 Å². The molecule has 0 radical (unpaired) electrons. The highest BCUT2D eigenvalue weighted by Crippen LogP contribution is 2.27. The van der Waals surface area contributed by atoms with E-state index in [1.54, 1.807) is 13.3 Å². The van der Waals surface area contributed by atoms with E-state index in [2.05, 4.69) is 32.5 Å². The molecule has 2 aromatic carbocycles. The molecule has 12 heteroatoms. The Morgan fingerprint density at radius 3 is 2.50 bits per heavy atom. The van der Waals surface area contributed by atoms with E-state index in [1.807, 2.05) is 12.1 Å². The smallest absolute Gasteiger partial charge is 0.274 e. The van der Waals surface area contributed by atoms with Crippen molar-refractivity contribution in [3.8, 4) is 0 Å². The molecule has 0 amide bonds. The molecule has 10 nitrogen and oxygen atoms in total. The van der Waals surface area contributed by atoms with E-state index < -0.39 is 4.92 Å². The fraction of sp³-hybridized carbons (Fsp3) is 0.222. The number of nitro benzene ring substituents is 1. The molecule has 1 aliphatic heterocycles. The lowest BCUT2D eigenvalue weighted by atomic mass is 10.1. The van der Waals surface area contributed by atoms with Crippen LogP contribution >= 0.6 is 34.0 Å². The Balaban J connectivity index is 0.000000293. The first kappa shape index (κ1) is 25.2. The number of benzene rings is 2. The van der Waals surface area contributed by atoms with Gasteiger partial charge in [0.25, 0.3) is 5.69 Å². The number of guanidine groups is 1. The van der Waals surface area contributed by atoms with Gasteiger partial charge >= 0.3 is 0 Å². The van der Waals surface area contributed by atoms with Gasteiger partial charge in [-0.3, -0.25) is 15.1 Å². The molecule has 0 bridgehead atoms. The van der Waals surface area contributed by atoms with Crippen LogP contribution in [0.5, 0.6) is 0 Å². The van der Waals surface area contributed by atoms with Gasteiger partial charge in [0.05, 0.1) is 45.8 Å². The predicted octanol–water partition coefficient (Wildman–Crippen LogP) is 3.47. The summed E-state index contributed by atoms with van der Waals surface area (Å²) in [6, 6.07) is 6.84. The summed E-state index contributed by atoms with van der Waals surface area (Å²) in [7, 11) is 0. The minimum absolute atomic E-state index is 0. The summed E-state index contributed by atoms with van der Waals surface area (Å²) in [5, 5.41) is 16.9. The van der Waals surface area contributed by atoms with Gasteiger partial charge in [-0.15, -0.1) is 34.0 Å². The SMILES string of the molecule is Br.Br.Cc1c(NC2=NCCN2)ccc2[nH]cnc12.Cc1c([N+](=O)[O-])ccc(N)c1N. The second-order valence-corrected chi connectivity index (χ2v) is 6.29. The number of nitrogen functional groups attached to an aromatic ring is 2. The van der Waals surface area contributed by atoms with Crippen molar-refractivity contribution in [2.45, 2.75) is 13.8 Å². The molecule has 3 aromatic rings. The molecule has 0 saturated carbocycles. The Morgan fingerprint density at radius 2 is 1.87 bits per heavy atom. The number of fused-ring (bicyclic) bond motifs is 1. The van der Waals surface area contributed by atoms with Gasteiger partial charge in [-0.1, -0.05) is 0 Å². The summed E-state index contributed by atoms with van der Waals surface area (Å²) in [4.78, 5) is 21.6. The first-order chi connectivity index (χ1) is 13.4. The predicted molar refractivity (Wildman–Crippen MR) is 132 cm³/mol. The van der Waals surface area contributed by atoms with Crippen LogP contribution in [0, 0.1) is 24.0 Å². The molecule has 7 N–H and O–H groups in total. The number of H-pyrrole nitrogens is 1. The zero-order valence-corrected chi connectivity index (χ0v) is 19.9. The number of hydrogen-bond acceptors (Lipinski definition) is 8. The molecular formula is C18H24Br2N8O2. The Labute approximate surface area is 194 Å². The van der Waals surface area contributed by atoms with Gasteiger partial charge in [0.2, 0.25) is 0 Å². The summed E-state index contributed by atoms with van der Waals surface area (Å²) in [5.74, 6) is 0.845. The Bertz CT molecular complexity index is 1070. The zero-order valence-electron chi connectivity index (χ0n) is 16.4. The van der Waals surface area contributed by atoms with Crippen molar-refractivity contribution in [1.82, 2.24) is 15.3 Å². The number of imidazole rings is 1. The molecule has 0 unspecified atom stereocenters. The highest BCUT2D eigenvalue weighted by atomic mass is 79.9. The van der Waals surface area contributed by atoms with Crippen molar-refractivity contribution in [1.29, 1.82) is 0 Å². The van der Waals surface area contributed by atoms with Crippen LogP contribution in [0.1, 0.15) is 11.1 Å². The number of rotatable bonds is 2. The van der Waals surface area contributed by atoms with Crippen LogP contribution in [0.2, 0.25) is 0 Å². The van der Waals surface area contributed by atoms with Gasteiger partial charge in [0.1, 0.15) is 0 Å². The lowest BCUT2D eigenvalue weighted by molar-refractivity contribution is -0.385. The number of aromatic nitrogens is 2. The third kappa shape index (κ3) is 5.39. The monoisotopic (exact) mass is 542 g/mol. The first-order valence-electron chi connectivity index (χ1n) is 8.65. The minimum atomic E-state index is -0.481. The van der Waals surface area contributed by atoms with Crippen LogP contribution in [-0.4, -0.2) is 33.9 Å². The van der Waals surface area contributed by atoms with Crippen LogP contribution in [0.3, 0.4) is 0 Å². The van der Waals surface area contributed by atoms with E-state index in [9.17, 15) is 10.1 Å². The van der Waals surface area contributed by atoms with E-state index in [1.165, 1.54) is 12.1 Å². The lowest BCUT2D eigenvalue weighted by Crippen LogP contribution is -2.26. The van der Waals surface area contributed by atoms with Crippen molar-refractivity contribution < 1.29 is 4.92 Å². The van der Waals surface area contributed by atoms with E-state index in [0.717, 1.165) is 41.3 Å². The molecule has 0 fully saturated rings. The summed E-state index contributed by atoms with van der Waals surface area (Å²) in [5.41, 5.74) is 16.3. The fourth-order valence-corrected chi connectivity index (χ4v) is 2.83. The highest BCUT2D eigenvalue weighted by molar-refractivity contribution is 8.93. The van der Waals surface area contributed by atoms with Gasteiger partial charge < -0.3 is 27.1 Å². The Hall–Kier alpha value is -2.86. The highest BCUT2D eigenvalue weighted by Gasteiger charge is 2.13. The van der Waals surface area contributed by atoms with Crippen LogP contribution in [0.25, 0.3) is 11.0 Å². The second-order valence-electron chi connectivity index (χ2n) is 6.29. The number of nitro groups is 1. The van der Waals surface area contributed by atoms with E-state index in [-0.39, 0.29) is 45.3 Å². The standard InChI is InChI=1S/C11H13N5.C7H9N3O2.2BrH/c1-7-8(16-11-12-4-5-13-11)2-3-9-10(7)15-6-14-9;1-4-6(10(11)12)3-2-5(8)7(4)9;;/h2-3,6H,4-5H2,1H3,(H,14,15)(H2,12,13,16);2-3H,8-9H2,1H3;2*1H. The fourth-order valence-electron chi connectivity index (χ4n) is 2.83. The minimum Gasteiger partial charge on any atom is -0.397 e. The maximum absolute atomic E-state index is 10.4. The van der Waals surface area contributed by atoms with Gasteiger partial charge in [-0.2, -0.15) is 0 Å². The van der Waals surface area contributed by atoms with Gasteiger partial charge in [0, 0.05) is 23.9 Å². The number of nitrogens with one attached hydrogen (secondary N) is 3. The molecule has 0 saturated heterocycles. The average Bonchev–Trinajstić information content (AvgIpc) is 3.34. The molecule has 0 aliphatic carbocycles. The Kier molecular flexibility index (Phi) is 9.05. The molecule has 1 aromatic heterocycles. The average molecular weight is 544 g/mol. The molecule has 2 heterocycles. The molecule has 4 rings (SSSR count). The van der Waals surface area contributed by atoms with Gasteiger partial charge in [0.15, 0.2) is 5.96 Å². The maximum atomic E-state index is 10.4. The number of aliphatic imine (C=N–C) groups is 1. The summed E-state index contributed by atoms with van der Waals surface area (Å²) in [6.07, 6.45) is 1.72. The van der Waals surface area contributed by atoms with Crippen LogP contribution in [0.15, 0.2) is 35.6 Å². The van der Waals surface area contributed by atoms with Crippen molar-refractivity contribution in [3.05, 3.63) is 51.8 Å². The van der Waals surface area contributed by atoms with Gasteiger partial charge in [-0.05, 0) is 32.0 Å².